The van der Waals surface area contributed by atoms with Gasteiger partial charge in [0.25, 0.3) is 11.5 Å². The Hall–Kier alpha value is -2.41. The van der Waals surface area contributed by atoms with E-state index in [0.717, 1.165) is 11.3 Å². The first-order valence-electron chi connectivity index (χ1n) is 8.11. The topological polar surface area (TPSA) is 91.1 Å². The molecule has 134 valence electrons. The minimum Gasteiger partial charge on any atom is -0.350 e. The number of hydrogen-bond donors (Lipinski definition) is 3. The van der Waals surface area contributed by atoms with Crippen molar-refractivity contribution in [1.29, 1.82) is 0 Å². The van der Waals surface area contributed by atoms with E-state index < -0.39 is 6.04 Å². The maximum absolute atomic E-state index is 12.5. The minimum atomic E-state index is -0.667. The fourth-order valence-electron chi connectivity index (χ4n) is 2.54. The van der Waals surface area contributed by atoms with E-state index in [1.54, 1.807) is 12.1 Å². The van der Waals surface area contributed by atoms with E-state index in [-0.39, 0.29) is 29.8 Å². The summed E-state index contributed by atoms with van der Waals surface area (Å²) in [6.07, 6.45) is 0. The van der Waals surface area contributed by atoms with Gasteiger partial charge in [-0.15, -0.1) is 11.3 Å². The van der Waals surface area contributed by atoms with E-state index in [1.165, 1.54) is 11.3 Å². The fraction of sp³-hybridized carbons (Fsp3) is 0.389. The van der Waals surface area contributed by atoms with E-state index >= 15 is 0 Å². The van der Waals surface area contributed by atoms with Gasteiger partial charge in [-0.2, -0.15) is 0 Å². The summed E-state index contributed by atoms with van der Waals surface area (Å²) in [5.74, 6) is -0.659. The van der Waals surface area contributed by atoms with Crippen molar-refractivity contribution in [1.82, 2.24) is 15.6 Å². The number of carbonyl (C=O) groups is 2. The molecule has 25 heavy (non-hydrogen) atoms. The molecule has 0 unspecified atom stereocenters. The molecule has 7 heteroatoms. The van der Waals surface area contributed by atoms with Gasteiger partial charge >= 0.3 is 0 Å². The molecule has 2 aromatic heterocycles. The third-order valence-corrected chi connectivity index (χ3v) is 4.78. The van der Waals surface area contributed by atoms with E-state index in [0.29, 0.717) is 10.4 Å². The number of carbonyl (C=O) groups excluding carboxylic acids is 2. The highest BCUT2D eigenvalue weighted by molar-refractivity contribution is 7.12. The molecule has 6 nitrogen and oxygen atoms in total. The van der Waals surface area contributed by atoms with Crippen LogP contribution in [0.1, 0.15) is 40.3 Å². The Labute approximate surface area is 150 Å². The molecule has 0 radical (unpaired) electrons. The number of thiophene rings is 1. The Morgan fingerprint density at radius 2 is 2.00 bits per heavy atom. The molecule has 2 aromatic rings. The van der Waals surface area contributed by atoms with Crippen molar-refractivity contribution in [3.63, 3.8) is 0 Å². The van der Waals surface area contributed by atoms with Gasteiger partial charge in [-0.25, -0.2) is 0 Å². The van der Waals surface area contributed by atoms with Gasteiger partial charge in [0.2, 0.25) is 5.91 Å². The second kappa shape index (κ2) is 8.11. The van der Waals surface area contributed by atoms with Crippen molar-refractivity contribution in [3.05, 3.63) is 55.6 Å². The van der Waals surface area contributed by atoms with Crippen LogP contribution >= 0.6 is 11.3 Å². The van der Waals surface area contributed by atoms with E-state index in [4.69, 9.17) is 0 Å². The van der Waals surface area contributed by atoms with Crippen LogP contribution in [0.4, 0.5) is 0 Å². The Kier molecular flexibility index (Phi) is 6.14. The molecule has 0 spiro atoms. The van der Waals surface area contributed by atoms with Crippen LogP contribution in [0.25, 0.3) is 0 Å². The van der Waals surface area contributed by atoms with Crippen molar-refractivity contribution >= 4 is 23.2 Å². The first kappa shape index (κ1) is 18.9. The van der Waals surface area contributed by atoms with E-state index in [1.807, 2.05) is 39.1 Å². The Bertz CT molecular complexity index is 809. The van der Waals surface area contributed by atoms with Gasteiger partial charge in [0.15, 0.2) is 0 Å². The van der Waals surface area contributed by atoms with Crippen molar-refractivity contribution < 1.29 is 9.59 Å². The highest BCUT2D eigenvalue weighted by Gasteiger charge is 2.25. The SMILES string of the molecule is Cc1cc(C)c(CNC(=O)[C@H](NC(=O)c2cccs2)C(C)C)c(=O)[nH]1. The lowest BCUT2D eigenvalue weighted by Gasteiger charge is -2.21. The summed E-state index contributed by atoms with van der Waals surface area (Å²) in [4.78, 5) is 40.1. The standard InChI is InChI=1S/C18H23N3O3S/c1-10(2)15(21-17(23)14-6-5-7-25-14)18(24)19-9-13-11(3)8-12(4)20-16(13)22/h5-8,10,15H,9H2,1-4H3,(H,19,24)(H,20,22)(H,21,23)/t15-/m1/s1. The molecular weight excluding hydrogens is 338 g/mol. The molecular formula is C18H23N3O3S. The normalized spacial score (nSPS) is 12.0. The molecule has 3 N–H and O–H groups in total. The number of H-pyrrole nitrogens is 1. The van der Waals surface area contributed by atoms with Crippen LogP contribution in [0.15, 0.2) is 28.4 Å². The lowest BCUT2D eigenvalue weighted by molar-refractivity contribution is -0.124. The quantitative estimate of drug-likeness (QED) is 0.736. The molecule has 0 aliphatic heterocycles. The lowest BCUT2D eigenvalue weighted by atomic mass is 10.0. The fourth-order valence-corrected chi connectivity index (χ4v) is 3.17. The molecule has 2 heterocycles. The molecule has 1 atom stereocenters. The first-order chi connectivity index (χ1) is 11.8. The van der Waals surface area contributed by atoms with Crippen molar-refractivity contribution in [2.24, 2.45) is 5.92 Å². The number of aromatic amines is 1. The van der Waals surface area contributed by atoms with Gasteiger partial charge in [0.05, 0.1) is 4.88 Å². The summed E-state index contributed by atoms with van der Waals surface area (Å²) in [5, 5.41) is 7.34. The second-order valence-corrected chi connectivity index (χ2v) is 7.28. The molecule has 2 rings (SSSR count). The van der Waals surface area contributed by atoms with Crippen LogP contribution in [-0.2, 0) is 11.3 Å². The minimum absolute atomic E-state index is 0.0821. The molecule has 0 fully saturated rings. The number of hydrogen-bond acceptors (Lipinski definition) is 4. The molecule has 2 amide bonds. The summed E-state index contributed by atoms with van der Waals surface area (Å²) in [7, 11) is 0. The maximum Gasteiger partial charge on any atom is 0.262 e. The van der Waals surface area contributed by atoms with Gasteiger partial charge in [-0.1, -0.05) is 19.9 Å². The highest BCUT2D eigenvalue weighted by atomic mass is 32.1. The largest absolute Gasteiger partial charge is 0.350 e. The van der Waals surface area contributed by atoms with Crippen LogP contribution in [0.2, 0.25) is 0 Å². The number of pyridine rings is 1. The zero-order chi connectivity index (χ0) is 18.6. The lowest BCUT2D eigenvalue weighted by Crippen LogP contribution is -2.49. The number of amides is 2. The zero-order valence-electron chi connectivity index (χ0n) is 14.8. The number of aromatic nitrogens is 1. The number of aryl methyl sites for hydroxylation is 2. The summed E-state index contributed by atoms with van der Waals surface area (Å²) in [6, 6.07) is 4.70. The summed E-state index contributed by atoms with van der Waals surface area (Å²) in [5.41, 5.74) is 1.92. The third kappa shape index (κ3) is 4.79. The van der Waals surface area contributed by atoms with Crippen molar-refractivity contribution in [2.75, 3.05) is 0 Å². The van der Waals surface area contributed by atoms with Crippen molar-refractivity contribution in [3.8, 4) is 0 Å². The number of rotatable bonds is 6. The highest BCUT2D eigenvalue weighted by Crippen LogP contribution is 2.11. The monoisotopic (exact) mass is 361 g/mol. The summed E-state index contributed by atoms with van der Waals surface area (Å²) in [6.45, 7) is 7.50. The van der Waals surface area contributed by atoms with Crippen molar-refractivity contribution in [2.45, 2.75) is 40.3 Å². The zero-order valence-corrected chi connectivity index (χ0v) is 15.6. The maximum atomic E-state index is 12.5. The Morgan fingerprint density at radius 1 is 1.28 bits per heavy atom. The molecule has 0 aromatic carbocycles. The predicted octanol–water partition coefficient (Wildman–Crippen LogP) is 2.12. The smallest absolute Gasteiger partial charge is 0.262 e. The Morgan fingerprint density at radius 3 is 2.56 bits per heavy atom. The van der Waals surface area contributed by atoms with Crippen LogP contribution in [-0.4, -0.2) is 22.8 Å². The molecule has 0 aliphatic carbocycles. The molecule has 0 bridgehead atoms. The summed E-state index contributed by atoms with van der Waals surface area (Å²) < 4.78 is 0. The number of nitrogens with one attached hydrogen (secondary N) is 3. The van der Waals surface area contributed by atoms with E-state index in [2.05, 4.69) is 15.6 Å². The van der Waals surface area contributed by atoms with Crippen LogP contribution in [0.5, 0.6) is 0 Å². The third-order valence-electron chi connectivity index (χ3n) is 3.91. The predicted molar refractivity (Wildman–Crippen MR) is 98.8 cm³/mol. The molecule has 0 saturated carbocycles. The summed E-state index contributed by atoms with van der Waals surface area (Å²) >= 11 is 1.32. The van der Waals surface area contributed by atoms with Gasteiger partial charge in [-0.3, -0.25) is 14.4 Å². The van der Waals surface area contributed by atoms with Crippen LogP contribution < -0.4 is 16.2 Å². The van der Waals surface area contributed by atoms with E-state index in [9.17, 15) is 14.4 Å². The average Bonchev–Trinajstić information content (AvgIpc) is 3.05. The molecule has 0 aliphatic rings. The average molecular weight is 361 g/mol. The second-order valence-electron chi connectivity index (χ2n) is 6.33. The van der Waals surface area contributed by atoms with Gasteiger partial charge in [0.1, 0.15) is 6.04 Å². The van der Waals surface area contributed by atoms with Crippen LogP contribution in [0.3, 0.4) is 0 Å². The first-order valence-corrected chi connectivity index (χ1v) is 8.99. The van der Waals surface area contributed by atoms with Gasteiger partial charge in [0, 0.05) is 17.8 Å². The van der Waals surface area contributed by atoms with Gasteiger partial charge < -0.3 is 15.6 Å². The molecule has 0 saturated heterocycles. The van der Waals surface area contributed by atoms with Gasteiger partial charge in [-0.05, 0) is 42.8 Å². The Balaban J connectivity index is 2.06. The van der Waals surface area contributed by atoms with Crippen LogP contribution in [0, 0.1) is 19.8 Å².